The van der Waals surface area contributed by atoms with Crippen LogP contribution in [0, 0.1) is 5.92 Å². The van der Waals surface area contributed by atoms with E-state index in [0.29, 0.717) is 18.5 Å². The molecule has 0 fully saturated rings. The molecule has 0 saturated carbocycles. The fourth-order valence-corrected chi connectivity index (χ4v) is 4.59. The Balaban J connectivity index is 0.000000707. The quantitative estimate of drug-likeness (QED) is 0.149. The number of oxazole rings is 1. The molecule has 13 nitrogen and oxygen atoms in total. The number of nitrogens with one attached hydrogen (secondary N) is 2. The highest BCUT2D eigenvalue weighted by atomic mass is 16.4. The fourth-order valence-electron chi connectivity index (χ4n) is 4.59. The Hall–Kier alpha value is -5.20. The standard InChI is InChI=1S/C28H30N4O6.C4H11N3/c1-16(2)12-22(27-31-23(15-38-27)26(36)29-13-24(33)34)30-25(35)17(3)18-8-10-20(11-9-18)32-14-19-6-4-5-7-21(19)28(32)37;1-2-3-7-4(5)6/h4-11,15-17,22H,12-14H2,1-3H3,(H,29,36)(H,30,35)(H,33,34);2-3H2,1H3,(H4,5,6,7)/t17-,22?;/m0./s1. The van der Waals surface area contributed by atoms with Crippen LogP contribution in [0.2, 0.25) is 0 Å². The van der Waals surface area contributed by atoms with Gasteiger partial charge in [0.25, 0.3) is 11.8 Å². The van der Waals surface area contributed by atoms with Gasteiger partial charge < -0.3 is 36.5 Å². The predicted octanol–water partition coefficient (Wildman–Crippen LogP) is 3.33. The SMILES string of the molecule is CC(C)CC(NC(=O)[C@@H](C)c1ccc(N2Cc3ccccc3C2=O)cc1)c1nc(C(=O)NCC(=O)O)co1.CCCN=C(N)N. The zero-order chi connectivity index (χ0) is 33.1. The average Bonchev–Trinajstić information content (AvgIpc) is 3.64. The number of aliphatic carboxylic acids is 1. The van der Waals surface area contributed by atoms with Crippen molar-refractivity contribution >= 4 is 35.3 Å². The van der Waals surface area contributed by atoms with Crippen LogP contribution in [0.15, 0.2) is 64.2 Å². The molecule has 45 heavy (non-hydrogen) atoms. The maximum absolute atomic E-state index is 13.2. The molecule has 240 valence electrons. The maximum Gasteiger partial charge on any atom is 0.322 e. The molecule has 2 atom stereocenters. The molecule has 3 aromatic rings. The van der Waals surface area contributed by atoms with Crippen molar-refractivity contribution in [3.05, 3.63) is 83.1 Å². The van der Waals surface area contributed by atoms with E-state index in [4.69, 9.17) is 21.0 Å². The topological polar surface area (TPSA) is 206 Å². The second-order valence-electron chi connectivity index (χ2n) is 11.0. The summed E-state index contributed by atoms with van der Waals surface area (Å²) in [6.45, 7) is 8.49. The minimum Gasteiger partial charge on any atom is -0.480 e. The summed E-state index contributed by atoms with van der Waals surface area (Å²) in [5.74, 6) is -2.10. The Kier molecular flexibility index (Phi) is 12.2. The number of carbonyl (C=O) groups is 4. The number of rotatable bonds is 12. The Morgan fingerprint density at radius 3 is 2.36 bits per heavy atom. The first-order valence-electron chi connectivity index (χ1n) is 14.7. The first-order valence-corrected chi connectivity index (χ1v) is 14.7. The van der Waals surface area contributed by atoms with E-state index in [1.807, 2.05) is 69.3 Å². The zero-order valence-electron chi connectivity index (χ0n) is 25.9. The van der Waals surface area contributed by atoms with Gasteiger partial charge in [0.1, 0.15) is 18.8 Å². The molecule has 3 amide bonds. The molecule has 0 aliphatic carbocycles. The van der Waals surface area contributed by atoms with Gasteiger partial charge >= 0.3 is 5.97 Å². The van der Waals surface area contributed by atoms with Crippen LogP contribution in [0.4, 0.5) is 5.69 Å². The van der Waals surface area contributed by atoms with E-state index in [9.17, 15) is 19.2 Å². The normalized spacial score (nSPS) is 13.3. The molecule has 2 aromatic carbocycles. The monoisotopic (exact) mass is 619 g/mol. The number of aliphatic imine (C=N–C) groups is 1. The van der Waals surface area contributed by atoms with Gasteiger partial charge in [-0.1, -0.05) is 51.1 Å². The number of hydrogen-bond acceptors (Lipinski definition) is 7. The van der Waals surface area contributed by atoms with E-state index < -0.39 is 30.4 Å². The number of carbonyl (C=O) groups excluding carboxylic acids is 3. The lowest BCUT2D eigenvalue weighted by Gasteiger charge is -2.21. The Morgan fingerprint density at radius 2 is 1.78 bits per heavy atom. The molecule has 0 radical (unpaired) electrons. The van der Waals surface area contributed by atoms with Crippen LogP contribution in [-0.4, -0.2) is 52.8 Å². The molecule has 0 spiro atoms. The van der Waals surface area contributed by atoms with E-state index >= 15 is 0 Å². The summed E-state index contributed by atoms with van der Waals surface area (Å²) >= 11 is 0. The van der Waals surface area contributed by atoms with Gasteiger partial charge in [-0.25, -0.2) is 4.98 Å². The third kappa shape index (κ3) is 9.65. The van der Waals surface area contributed by atoms with Gasteiger partial charge in [-0.3, -0.25) is 24.2 Å². The van der Waals surface area contributed by atoms with Crippen molar-refractivity contribution in [3.8, 4) is 0 Å². The van der Waals surface area contributed by atoms with Crippen LogP contribution in [0.3, 0.4) is 0 Å². The van der Waals surface area contributed by atoms with Crippen molar-refractivity contribution < 1.29 is 28.7 Å². The number of amides is 3. The largest absolute Gasteiger partial charge is 0.480 e. The highest BCUT2D eigenvalue weighted by Crippen LogP contribution is 2.30. The molecule has 2 heterocycles. The first-order chi connectivity index (χ1) is 21.4. The van der Waals surface area contributed by atoms with Crippen molar-refractivity contribution in [1.29, 1.82) is 0 Å². The lowest BCUT2D eigenvalue weighted by molar-refractivity contribution is -0.135. The Morgan fingerprint density at radius 1 is 1.09 bits per heavy atom. The summed E-state index contributed by atoms with van der Waals surface area (Å²) in [5.41, 5.74) is 13.2. The molecular weight excluding hydrogens is 578 g/mol. The molecule has 1 aliphatic rings. The third-order valence-electron chi connectivity index (χ3n) is 6.91. The van der Waals surface area contributed by atoms with E-state index in [1.165, 1.54) is 0 Å². The minimum atomic E-state index is -1.17. The molecule has 1 aromatic heterocycles. The second-order valence-corrected chi connectivity index (χ2v) is 11.0. The molecule has 7 N–H and O–H groups in total. The van der Waals surface area contributed by atoms with Crippen molar-refractivity contribution in [2.24, 2.45) is 22.4 Å². The smallest absolute Gasteiger partial charge is 0.322 e. The van der Waals surface area contributed by atoms with E-state index in [1.54, 1.807) is 11.8 Å². The number of nitrogens with two attached hydrogens (primary N) is 2. The number of hydrogen-bond donors (Lipinski definition) is 5. The summed E-state index contributed by atoms with van der Waals surface area (Å²) in [7, 11) is 0. The number of aromatic nitrogens is 1. The summed E-state index contributed by atoms with van der Waals surface area (Å²) < 4.78 is 5.48. The van der Waals surface area contributed by atoms with Crippen LogP contribution in [-0.2, 0) is 16.1 Å². The van der Waals surface area contributed by atoms with Gasteiger partial charge in [0.2, 0.25) is 11.8 Å². The van der Waals surface area contributed by atoms with E-state index in [2.05, 4.69) is 20.6 Å². The van der Waals surface area contributed by atoms with Gasteiger partial charge in [0, 0.05) is 17.8 Å². The van der Waals surface area contributed by atoms with Gasteiger partial charge in [-0.2, -0.15) is 0 Å². The minimum absolute atomic E-state index is 0.0439. The van der Waals surface area contributed by atoms with Crippen molar-refractivity contribution in [1.82, 2.24) is 15.6 Å². The Bertz CT molecular complexity index is 1510. The van der Waals surface area contributed by atoms with E-state index in [0.717, 1.165) is 36.0 Å². The number of guanidine groups is 1. The second kappa shape index (κ2) is 16.0. The number of benzene rings is 2. The van der Waals surface area contributed by atoms with Gasteiger partial charge in [-0.15, -0.1) is 0 Å². The van der Waals surface area contributed by atoms with Crippen molar-refractivity contribution in [2.45, 2.75) is 59.0 Å². The van der Waals surface area contributed by atoms with Crippen molar-refractivity contribution in [3.63, 3.8) is 0 Å². The zero-order valence-corrected chi connectivity index (χ0v) is 25.9. The molecular formula is C32H41N7O6. The van der Waals surface area contributed by atoms with Crippen LogP contribution < -0.4 is 27.0 Å². The summed E-state index contributed by atoms with van der Waals surface area (Å²) in [4.78, 5) is 58.4. The summed E-state index contributed by atoms with van der Waals surface area (Å²) in [5, 5.41) is 13.9. The summed E-state index contributed by atoms with van der Waals surface area (Å²) in [6.07, 6.45) is 2.66. The van der Waals surface area contributed by atoms with Crippen LogP contribution in [0.25, 0.3) is 0 Å². The molecule has 1 aliphatic heterocycles. The number of nitrogens with zero attached hydrogens (tertiary/aromatic N) is 3. The number of anilines is 1. The van der Waals surface area contributed by atoms with Gasteiger partial charge in [0.05, 0.1) is 12.5 Å². The molecule has 0 saturated heterocycles. The first kappa shape index (κ1) is 34.3. The highest BCUT2D eigenvalue weighted by Gasteiger charge is 2.29. The number of carboxylic acids is 1. The van der Waals surface area contributed by atoms with Crippen molar-refractivity contribution in [2.75, 3.05) is 18.0 Å². The lowest BCUT2D eigenvalue weighted by atomic mass is 9.98. The highest BCUT2D eigenvalue weighted by molar-refractivity contribution is 6.10. The van der Waals surface area contributed by atoms with E-state index in [-0.39, 0.29) is 35.3 Å². The summed E-state index contributed by atoms with van der Waals surface area (Å²) in [6, 6.07) is 14.3. The number of carboxylic acid groups (broad SMARTS) is 1. The number of fused-ring (bicyclic) bond motifs is 1. The molecule has 13 heteroatoms. The Labute approximate surface area is 262 Å². The predicted molar refractivity (Wildman–Crippen MR) is 170 cm³/mol. The average molecular weight is 620 g/mol. The molecule has 1 unspecified atom stereocenters. The van der Waals surface area contributed by atoms with Gasteiger partial charge in [-0.05, 0) is 55.0 Å². The molecule has 4 rings (SSSR count). The van der Waals surface area contributed by atoms with Crippen LogP contribution in [0.1, 0.15) is 90.4 Å². The lowest BCUT2D eigenvalue weighted by Crippen LogP contribution is -2.33. The van der Waals surface area contributed by atoms with Crippen LogP contribution >= 0.6 is 0 Å². The maximum atomic E-state index is 13.2. The fraction of sp³-hybridized carbons (Fsp3) is 0.375. The van der Waals surface area contributed by atoms with Crippen LogP contribution in [0.5, 0.6) is 0 Å². The van der Waals surface area contributed by atoms with Gasteiger partial charge in [0.15, 0.2) is 11.7 Å². The molecule has 0 bridgehead atoms. The third-order valence-corrected chi connectivity index (χ3v) is 6.91.